The van der Waals surface area contributed by atoms with Crippen LogP contribution in [0, 0.1) is 5.92 Å². The van der Waals surface area contributed by atoms with Gasteiger partial charge in [0.15, 0.2) is 0 Å². The van der Waals surface area contributed by atoms with Crippen molar-refractivity contribution in [2.45, 2.75) is 45.6 Å². The second-order valence-electron chi connectivity index (χ2n) is 6.86. The molecule has 0 aromatic heterocycles. The average Bonchev–Trinajstić information content (AvgIpc) is 2.91. The number of hydrogen-bond donors (Lipinski definition) is 0. The zero-order valence-corrected chi connectivity index (χ0v) is 13.5. The van der Waals surface area contributed by atoms with E-state index in [0.29, 0.717) is 17.9 Å². The first-order valence-electron chi connectivity index (χ1n) is 8.26. The molecule has 0 N–H and O–H groups in total. The third-order valence-electron chi connectivity index (χ3n) is 4.73. The van der Waals surface area contributed by atoms with Gasteiger partial charge in [-0.2, -0.15) is 0 Å². The van der Waals surface area contributed by atoms with E-state index in [-0.39, 0.29) is 0 Å². The van der Waals surface area contributed by atoms with Gasteiger partial charge in [0.05, 0.1) is 0 Å². The number of likely N-dealkylation sites (N-methyl/N-ethyl adjacent to an activating group) is 1. The molecule has 2 saturated heterocycles. The summed E-state index contributed by atoms with van der Waals surface area (Å²) in [6, 6.07) is 0.347. The Kier molecular flexibility index (Phi) is 5.85. The van der Waals surface area contributed by atoms with E-state index in [4.69, 9.17) is 0 Å². The van der Waals surface area contributed by atoms with Crippen LogP contribution in [0.4, 0.5) is 0 Å². The monoisotopic (exact) mass is 281 g/mol. The van der Waals surface area contributed by atoms with E-state index in [1.807, 2.05) is 0 Å². The summed E-state index contributed by atoms with van der Waals surface area (Å²) >= 11 is 0. The largest absolute Gasteiger partial charge is 0.340 e. The summed E-state index contributed by atoms with van der Waals surface area (Å²) in [5, 5.41) is 0. The molecule has 2 fully saturated rings. The van der Waals surface area contributed by atoms with Crippen molar-refractivity contribution in [3.05, 3.63) is 0 Å². The lowest BCUT2D eigenvalue weighted by atomic mass is 9.96. The number of likely N-dealkylation sites (tertiary alicyclic amines) is 2. The van der Waals surface area contributed by atoms with E-state index >= 15 is 0 Å². The molecule has 0 bridgehead atoms. The summed E-state index contributed by atoms with van der Waals surface area (Å²) in [5.41, 5.74) is 0. The van der Waals surface area contributed by atoms with E-state index in [9.17, 15) is 4.79 Å². The van der Waals surface area contributed by atoms with Gasteiger partial charge in [-0.3, -0.25) is 4.79 Å². The van der Waals surface area contributed by atoms with Gasteiger partial charge in [-0.05, 0) is 59.2 Å². The summed E-state index contributed by atoms with van der Waals surface area (Å²) in [6.07, 6.45) is 4.55. The molecule has 0 radical (unpaired) electrons. The molecule has 0 aliphatic carbocycles. The summed E-state index contributed by atoms with van der Waals surface area (Å²) < 4.78 is 0. The molecule has 0 spiro atoms. The molecule has 4 nitrogen and oxygen atoms in total. The lowest BCUT2D eigenvalue weighted by Gasteiger charge is -2.37. The number of piperidine rings is 1. The van der Waals surface area contributed by atoms with Crippen LogP contribution in [0.15, 0.2) is 0 Å². The normalized spacial score (nSPS) is 25.1. The number of amides is 1. The topological polar surface area (TPSA) is 26.8 Å². The Morgan fingerprint density at radius 2 is 2.00 bits per heavy atom. The van der Waals surface area contributed by atoms with Crippen LogP contribution in [0.3, 0.4) is 0 Å². The van der Waals surface area contributed by atoms with Crippen LogP contribution >= 0.6 is 0 Å². The number of carbonyl (C=O) groups is 1. The van der Waals surface area contributed by atoms with Crippen molar-refractivity contribution in [3.8, 4) is 0 Å². The van der Waals surface area contributed by atoms with Gasteiger partial charge < -0.3 is 14.7 Å². The molecule has 116 valence electrons. The average molecular weight is 281 g/mol. The van der Waals surface area contributed by atoms with Crippen LogP contribution in [0.1, 0.15) is 39.5 Å². The molecule has 1 atom stereocenters. The SMILES string of the molecule is CC(C)N1CC(CN(C)CCN2CCCC2)CCC1=O. The minimum atomic E-state index is 0.343. The highest BCUT2D eigenvalue weighted by Crippen LogP contribution is 2.20. The zero-order valence-electron chi connectivity index (χ0n) is 13.5. The molecule has 2 rings (SSSR count). The van der Waals surface area contributed by atoms with Crippen molar-refractivity contribution in [2.75, 3.05) is 46.3 Å². The van der Waals surface area contributed by atoms with Crippen molar-refractivity contribution in [1.82, 2.24) is 14.7 Å². The Bertz CT molecular complexity index is 313. The van der Waals surface area contributed by atoms with Crippen LogP contribution < -0.4 is 0 Å². The third-order valence-corrected chi connectivity index (χ3v) is 4.73. The fourth-order valence-corrected chi connectivity index (χ4v) is 3.44. The highest BCUT2D eigenvalue weighted by atomic mass is 16.2. The fraction of sp³-hybridized carbons (Fsp3) is 0.938. The molecule has 2 aliphatic heterocycles. The van der Waals surface area contributed by atoms with Gasteiger partial charge in [-0.15, -0.1) is 0 Å². The Morgan fingerprint density at radius 1 is 1.30 bits per heavy atom. The summed E-state index contributed by atoms with van der Waals surface area (Å²) in [4.78, 5) is 19.0. The lowest BCUT2D eigenvalue weighted by molar-refractivity contribution is -0.136. The molecule has 20 heavy (non-hydrogen) atoms. The fourth-order valence-electron chi connectivity index (χ4n) is 3.44. The van der Waals surface area contributed by atoms with E-state index < -0.39 is 0 Å². The Hall–Kier alpha value is -0.610. The molecule has 4 heteroatoms. The summed E-state index contributed by atoms with van der Waals surface area (Å²) in [6.45, 7) is 11.3. The van der Waals surface area contributed by atoms with Crippen molar-refractivity contribution in [2.24, 2.45) is 5.92 Å². The molecular formula is C16H31N3O. The van der Waals surface area contributed by atoms with E-state index in [2.05, 4.69) is 35.6 Å². The van der Waals surface area contributed by atoms with Crippen molar-refractivity contribution >= 4 is 5.91 Å². The molecule has 2 heterocycles. The Morgan fingerprint density at radius 3 is 2.65 bits per heavy atom. The minimum absolute atomic E-state index is 0.343. The van der Waals surface area contributed by atoms with E-state index in [0.717, 1.165) is 32.5 Å². The van der Waals surface area contributed by atoms with Crippen molar-refractivity contribution < 1.29 is 4.79 Å². The lowest BCUT2D eigenvalue weighted by Crippen LogP contribution is -2.47. The molecular weight excluding hydrogens is 250 g/mol. The van der Waals surface area contributed by atoms with Crippen LogP contribution in [0.25, 0.3) is 0 Å². The highest BCUT2D eigenvalue weighted by molar-refractivity contribution is 5.77. The first kappa shape index (κ1) is 15.8. The van der Waals surface area contributed by atoms with E-state index in [1.54, 1.807) is 0 Å². The molecule has 2 aliphatic rings. The molecule has 0 aromatic carbocycles. The van der Waals surface area contributed by atoms with Crippen molar-refractivity contribution in [3.63, 3.8) is 0 Å². The van der Waals surface area contributed by atoms with Gasteiger partial charge in [-0.25, -0.2) is 0 Å². The van der Waals surface area contributed by atoms with Gasteiger partial charge in [0.1, 0.15) is 0 Å². The van der Waals surface area contributed by atoms with Crippen molar-refractivity contribution in [1.29, 1.82) is 0 Å². The van der Waals surface area contributed by atoms with Crippen LogP contribution in [-0.2, 0) is 4.79 Å². The number of hydrogen-bond acceptors (Lipinski definition) is 3. The quantitative estimate of drug-likeness (QED) is 0.741. The first-order valence-corrected chi connectivity index (χ1v) is 8.26. The predicted octanol–water partition coefficient (Wildman–Crippen LogP) is 1.66. The van der Waals surface area contributed by atoms with E-state index in [1.165, 1.54) is 32.5 Å². The van der Waals surface area contributed by atoms with Gasteiger partial charge in [0, 0.05) is 38.6 Å². The maximum absolute atomic E-state index is 11.9. The maximum atomic E-state index is 11.9. The van der Waals surface area contributed by atoms with Crippen LogP contribution in [0.5, 0.6) is 0 Å². The standard InChI is InChI=1S/C16H31N3O/c1-14(2)19-13-15(6-7-16(19)20)12-17(3)10-11-18-8-4-5-9-18/h14-15H,4-13H2,1-3H3. The number of rotatable bonds is 6. The second kappa shape index (κ2) is 7.41. The maximum Gasteiger partial charge on any atom is 0.222 e. The number of carbonyl (C=O) groups excluding carboxylic acids is 1. The summed E-state index contributed by atoms with van der Waals surface area (Å²) in [5.74, 6) is 0.995. The van der Waals surface area contributed by atoms with Gasteiger partial charge in [0.25, 0.3) is 0 Å². The van der Waals surface area contributed by atoms with Gasteiger partial charge in [0.2, 0.25) is 5.91 Å². The van der Waals surface area contributed by atoms with Crippen LogP contribution in [0.2, 0.25) is 0 Å². The predicted molar refractivity (Wildman–Crippen MR) is 82.7 cm³/mol. The van der Waals surface area contributed by atoms with Gasteiger partial charge in [-0.1, -0.05) is 0 Å². The highest BCUT2D eigenvalue weighted by Gasteiger charge is 2.27. The van der Waals surface area contributed by atoms with Crippen LogP contribution in [-0.4, -0.2) is 73.0 Å². The molecule has 0 aromatic rings. The smallest absolute Gasteiger partial charge is 0.222 e. The Labute approximate surface area is 124 Å². The minimum Gasteiger partial charge on any atom is -0.340 e. The summed E-state index contributed by atoms with van der Waals surface area (Å²) in [7, 11) is 2.23. The first-order chi connectivity index (χ1) is 9.56. The zero-order chi connectivity index (χ0) is 14.5. The molecule has 1 unspecified atom stereocenters. The second-order valence-corrected chi connectivity index (χ2v) is 6.86. The molecule has 0 saturated carbocycles. The van der Waals surface area contributed by atoms with Gasteiger partial charge >= 0.3 is 0 Å². The third kappa shape index (κ3) is 4.45. The molecule has 1 amide bonds. The Balaban J connectivity index is 1.70. The number of nitrogens with zero attached hydrogens (tertiary/aromatic N) is 3.